The first kappa shape index (κ1) is 14.7. The summed E-state index contributed by atoms with van der Waals surface area (Å²) in [4.78, 5) is 21.8. The summed E-state index contributed by atoms with van der Waals surface area (Å²) in [5.74, 6) is -1.52. The Hall–Kier alpha value is -1.40. The van der Waals surface area contributed by atoms with E-state index in [2.05, 4.69) is 21.2 Å². The van der Waals surface area contributed by atoms with Gasteiger partial charge in [0.1, 0.15) is 0 Å². The topological polar surface area (TPSA) is 92.4 Å². The molecule has 0 spiro atoms. The van der Waals surface area contributed by atoms with Crippen molar-refractivity contribution < 1.29 is 14.7 Å². The highest BCUT2D eigenvalue weighted by Gasteiger charge is 2.16. The maximum Gasteiger partial charge on any atom is 0.305 e. The Labute approximate surface area is 113 Å². The zero-order chi connectivity index (χ0) is 13.5. The van der Waals surface area contributed by atoms with Gasteiger partial charge in [-0.3, -0.25) is 9.59 Å². The van der Waals surface area contributed by atoms with Gasteiger partial charge in [0, 0.05) is 11.0 Å². The van der Waals surface area contributed by atoms with Crippen LogP contribution < -0.4 is 11.1 Å². The van der Waals surface area contributed by atoms with Gasteiger partial charge in [-0.2, -0.15) is 0 Å². The maximum absolute atomic E-state index is 11.4. The van der Waals surface area contributed by atoms with Crippen molar-refractivity contribution in [3.63, 3.8) is 0 Å². The molecule has 1 rings (SSSR count). The quantitative estimate of drug-likeness (QED) is 0.727. The Morgan fingerprint density at radius 2 is 2.06 bits per heavy atom. The Balaban J connectivity index is 2.36. The fourth-order valence-corrected chi connectivity index (χ4v) is 1.92. The normalized spacial score (nSPS) is 11.9. The van der Waals surface area contributed by atoms with Crippen LogP contribution in [0.5, 0.6) is 0 Å². The van der Waals surface area contributed by atoms with Crippen LogP contribution in [0.2, 0.25) is 0 Å². The smallest absolute Gasteiger partial charge is 0.305 e. The van der Waals surface area contributed by atoms with Gasteiger partial charge in [0.25, 0.3) is 0 Å². The fourth-order valence-electron chi connectivity index (χ4n) is 1.43. The first-order valence-corrected chi connectivity index (χ1v) is 6.28. The largest absolute Gasteiger partial charge is 0.481 e. The number of hydrogen-bond donors (Lipinski definition) is 3. The number of nitrogens with two attached hydrogens (primary N) is 1. The minimum atomic E-state index is -1.08. The molecule has 0 radical (unpaired) electrons. The number of aliphatic carboxylic acids is 1. The van der Waals surface area contributed by atoms with Gasteiger partial charge in [0.15, 0.2) is 0 Å². The van der Waals surface area contributed by atoms with Gasteiger partial charge in [-0.05, 0) is 18.1 Å². The van der Waals surface area contributed by atoms with E-state index in [9.17, 15) is 9.59 Å². The third kappa shape index (κ3) is 4.85. The number of halogens is 1. The van der Waals surface area contributed by atoms with E-state index in [0.717, 1.165) is 10.0 Å². The minimum Gasteiger partial charge on any atom is -0.481 e. The van der Waals surface area contributed by atoms with Crippen LogP contribution in [-0.2, 0) is 16.0 Å². The molecule has 0 bridgehead atoms. The predicted octanol–water partition coefficient (Wildman–Crippen LogP) is 0.910. The number of benzene rings is 1. The zero-order valence-electron chi connectivity index (χ0n) is 9.73. The van der Waals surface area contributed by atoms with E-state index in [1.54, 1.807) is 0 Å². The number of carboxylic acid groups (broad SMARTS) is 1. The molecule has 1 unspecified atom stereocenters. The third-order valence-electron chi connectivity index (χ3n) is 2.38. The molecule has 0 heterocycles. The Morgan fingerprint density at radius 1 is 1.39 bits per heavy atom. The van der Waals surface area contributed by atoms with Crippen molar-refractivity contribution in [3.8, 4) is 0 Å². The number of carbonyl (C=O) groups excluding carboxylic acids is 1. The highest BCUT2D eigenvalue weighted by atomic mass is 79.9. The van der Waals surface area contributed by atoms with Gasteiger partial charge in [-0.1, -0.05) is 34.1 Å². The van der Waals surface area contributed by atoms with Crippen LogP contribution in [0.4, 0.5) is 0 Å². The molecule has 0 saturated carbocycles. The van der Waals surface area contributed by atoms with Gasteiger partial charge < -0.3 is 16.2 Å². The zero-order valence-corrected chi connectivity index (χ0v) is 11.3. The van der Waals surface area contributed by atoms with Crippen LogP contribution >= 0.6 is 15.9 Å². The van der Waals surface area contributed by atoms with E-state index in [1.807, 2.05) is 24.3 Å². The summed E-state index contributed by atoms with van der Waals surface area (Å²) in [7, 11) is 0. The molecule has 4 N–H and O–H groups in total. The van der Waals surface area contributed by atoms with Crippen molar-refractivity contribution in [1.82, 2.24) is 5.32 Å². The van der Waals surface area contributed by atoms with Crippen LogP contribution in [-0.4, -0.2) is 29.6 Å². The van der Waals surface area contributed by atoms with Crippen molar-refractivity contribution in [1.29, 1.82) is 0 Å². The third-order valence-corrected chi connectivity index (χ3v) is 3.16. The molecular weight excluding hydrogens is 300 g/mol. The first-order valence-electron chi connectivity index (χ1n) is 5.49. The number of amides is 1. The lowest BCUT2D eigenvalue weighted by Gasteiger charge is -2.10. The van der Waals surface area contributed by atoms with Crippen LogP contribution in [0.3, 0.4) is 0 Å². The monoisotopic (exact) mass is 314 g/mol. The minimum absolute atomic E-state index is 0.360. The van der Waals surface area contributed by atoms with Crippen molar-refractivity contribution >= 4 is 27.8 Å². The van der Waals surface area contributed by atoms with Crippen LogP contribution in [0.15, 0.2) is 28.7 Å². The number of carboxylic acids is 1. The fraction of sp³-hybridized carbons (Fsp3) is 0.333. The standard InChI is InChI=1S/C12H15BrN2O3/c13-9-4-2-1-3-8(9)5-6-15-12(18)10(14)7-11(16)17/h1-4,10H,5-7,14H2,(H,15,18)(H,16,17). The van der Waals surface area contributed by atoms with Gasteiger partial charge in [0.05, 0.1) is 12.5 Å². The summed E-state index contributed by atoms with van der Waals surface area (Å²) in [6.45, 7) is 0.425. The number of hydrogen-bond acceptors (Lipinski definition) is 3. The molecule has 1 aromatic rings. The summed E-state index contributed by atoms with van der Waals surface area (Å²) >= 11 is 3.41. The Kier molecular flexibility index (Phi) is 5.80. The Morgan fingerprint density at radius 3 is 2.67 bits per heavy atom. The van der Waals surface area contributed by atoms with Gasteiger partial charge >= 0.3 is 5.97 Å². The predicted molar refractivity (Wildman–Crippen MR) is 71.1 cm³/mol. The molecule has 1 atom stereocenters. The SMILES string of the molecule is NC(CC(=O)O)C(=O)NCCc1ccccc1Br. The molecule has 5 nitrogen and oxygen atoms in total. The van der Waals surface area contributed by atoms with E-state index in [-0.39, 0.29) is 6.42 Å². The van der Waals surface area contributed by atoms with E-state index >= 15 is 0 Å². The molecule has 18 heavy (non-hydrogen) atoms. The second kappa shape index (κ2) is 7.13. The molecule has 1 aromatic carbocycles. The lowest BCUT2D eigenvalue weighted by Crippen LogP contribution is -2.42. The lowest BCUT2D eigenvalue weighted by molar-refractivity contribution is -0.139. The maximum atomic E-state index is 11.4. The summed E-state index contributed by atoms with van der Waals surface area (Å²) in [6.07, 6.45) is 0.299. The number of nitrogens with one attached hydrogen (secondary N) is 1. The molecule has 0 saturated heterocycles. The van der Waals surface area contributed by atoms with Gasteiger partial charge in [-0.15, -0.1) is 0 Å². The molecule has 0 aromatic heterocycles. The molecule has 0 aliphatic rings. The molecule has 1 amide bonds. The summed E-state index contributed by atoms with van der Waals surface area (Å²) < 4.78 is 0.981. The first-order chi connectivity index (χ1) is 8.50. The molecule has 0 aliphatic carbocycles. The number of rotatable bonds is 6. The van der Waals surface area contributed by atoms with E-state index in [0.29, 0.717) is 13.0 Å². The second-order valence-corrected chi connectivity index (χ2v) is 4.69. The molecule has 98 valence electrons. The van der Waals surface area contributed by atoms with Crippen molar-refractivity contribution in [2.45, 2.75) is 18.9 Å². The number of carbonyl (C=O) groups is 2. The van der Waals surface area contributed by atoms with Crippen molar-refractivity contribution in [3.05, 3.63) is 34.3 Å². The summed E-state index contributed by atoms with van der Waals surface area (Å²) in [5, 5.41) is 11.1. The van der Waals surface area contributed by atoms with Crippen molar-refractivity contribution in [2.24, 2.45) is 5.73 Å². The van der Waals surface area contributed by atoms with Crippen molar-refractivity contribution in [2.75, 3.05) is 6.54 Å². The molecule has 0 aliphatic heterocycles. The lowest BCUT2D eigenvalue weighted by atomic mass is 10.1. The second-order valence-electron chi connectivity index (χ2n) is 3.84. The molecule has 0 fully saturated rings. The average Bonchev–Trinajstić information content (AvgIpc) is 2.30. The average molecular weight is 315 g/mol. The summed E-state index contributed by atoms with van der Waals surface area (Å²) in [6, 6.07) is 6.70. The van der Waals surface area contributed by atoms with Gasteiger partial charge in [0.2, 0.25) is 5.91 Å². The van der Waals surface area contributed by atoms with Crippen LogP contribution in [0.25, 0.3) is 0 Å². The highest BCUT2D eigenvalue weighted by molar-refractivity contribution is 9.10. The van der Waals surface area contributed by atoms with E-state index in [4.69, 9.17) is 10.8 Å². The molecule has 6 heteroatoms. The van der Waals surface area contributed by atoms with Gasteiger partial charge in [-0.25, -0.2) is 0 Å². The van der Waals surface area contributed by atoms with E-state index in [1.165, 1.54) is 0 Å². The van der Waals surface area contributed by atoms with E-state index < -0.39 is 17.9 Å². The van der Waals surface area contributed by atoms with Crippen LogP contribution in [0.1, 0.15) is 12.0 Å². The van der Waals surface area contributed by atoms with Crippen LogP contribution in [0, 0.1) is 0 Å². The highest BCUT2D eigenvalue weighted by Crippen LogP contribution is 2.15. The Bertz CT molecular complexity index is 437. The molecular formula is C12H15BrN2O3. The summed E-state index contributed by atoms with van der Waals surface area (Å²) in [5.41, 5.74) is 6.50.